The van der Waals surface area contributed by atoms with Crippen molar-refractivity contribution in [2.45, 2.75) is 57.1 Å². The summed E-state index contributed by atoms with van der Waals surface area (Å²) in [5, 5.41) is 9.19. The lowest BCUT2D eigenvalue weighted by atomic mass is 9.81. The fourth-order valence-electron chi connectivity index (χ4n) is 2.58. The molecule has 2 rings (SSSR count). The number of sulfonamides is 1. The second kappa shape index (κ2) is 6.24. The molecule has 1 aromatic carbocycles. The number of rotatable bonds is 6. The third-order valence-corrected chi connectivity index (χ3v) is 5.82. The van der Waals surface area contributed by atoms with Crippen LogP contribution in [-0.2, 0) is 23.1 Å². The van der Waals surface area contributed by atoms with Gasteiger partial charge in [0, 0.05) is 6.04 Å². The van der Waals surface area contributed by atoms with Crippen molar-refractivity contribution < 1.29 is 13.5 Å². The Kier molecular flexibility index (Phi) is 4.83. The highest BCUT2D eigenvalue weighted by Crippen LogP contribution is 2.30. The van der Waals surface area contributed by atoms with Crippen molar-refractivity contribution in [1.82, 2.24) is 4.72 Å². The van der Waals surface area contributed by atoms with Gasteiger partial charge >= 0.3 is 0 Å². The Balaban J connectivity index is 2.27. The van der Waals surface area contributed by atoms with E-state index in [4.69, 9.17) is 0 Å². The minimum Gasteiger partial charge on any atom is -0.392 e. The van der Waals surface area contributed by atoms with E-state index in [9.17, 15) is 13.5 Å². The average Bonchev–Trinajstić information content (AvgIpc) is 2.35. The first kappa shape index (κ1) is 15.5. The average molecular weight is 297 g/mol. The second-order valence-corrected chi connectivity index (χ2v) is 7.24. The molecule has 1 atom stereocenters. The molecule has 0 spiro atoms. The zero-order valence-corrected chi connectivity index (χ0v) is 12.9. The van der Waals surface area contributed by atoms with Gasteiger partial charge in [0.15, 0.2) is 0 Å². The Morgan fingerprint density at radius 2 is 2.10 bits per heavy atom. The zero-order valence-electron chi connectivity index (χ0n) is 12.1. The maximum Gasteiger partial charge on any atom is 0.241 e. The van der Waals surface area contributed by atoms with Gasteiger partial charge < -0.3 is 5.11 Å². The summed E-state index contributed by atoms with van der Waals surface area (Å²) in [6.45, 7) is 3.72. The quantitative estimate of drug-likeness (QED) is 0.846. The first-order valence-electron chi connectivity index (χ1n) is 7.23. The van der Waals surface area contributed by atoms with Crippen LogP contribution < -0.4 is 4.72 Å². The molecule has 0 radical (unpaired) electrons. The maximum atomic E-state index is 12.5. The van der Waals surface area contributed by atoms with Crippen molar-refractivity contribution in [3.8, 4) is 0 Å². The molecule has 0 amide bonds. The van der Waals surface area contributed by atoms with Gasteiger partial charge in [0.05, 0.1) is 11.5 Å². The van der Waals surface area contributed by atoms with Crippen LogP contribution in [0.4, 0.5) is 0 Å². The third-order valence-electron chi connectivity index (χ3n) is 4.18. The molecule has 4 nitrogen and oxygen atoms in total. The summed E-state index contributed by atoms with van der Waals surface area (Å²) in [5.41, 5.74) is 1.41. The van der Waals surface area contributed by atoms with Gasteiger partial charge in [-0.05, 0) is 49.3 Å². The number of hydrogen-bond donors (Lipinski definition) is 2. The first-order valence-corrected chi connectivity index (χ1v) is 8.71. The molecule has 1 aliphatic carbocycles. The lowest BCUT2D eigenvalue weighted by Gasteiger charge is -2.31. The Labute approximate surface area is 121 Å². The van der Waals surface area contributed by atoms with Crippen molar-refractivity contribution >= 4 is 10.0 Å². The van der Waals surface area contributed by atoms with Crippen LogP contribution in [0.25, 0.3) is 0 Å². The highest BCUT2D eigenvalue weighted by molar-refractivity contribution is 7.89. The molecule has 1 fully saturated rings. The molecule has 2 N–H and O–H groups in total. The molecule has 0 heterocycles. The van der Waals surface area contributed by atoms with Crippen molar-refractivity contribution in [3.05, 3.63) is 29.3 Å². The van der Waals surface area contributed by atoms with Crippen LogP contribution in [0.1, 0.15) is 44.2 Å². The zero-order chi connectivity index (χ0) is 14.8. The molecule has 0 aliphatic heterocycles. The van der Waals surface area contributed by atoms with Crippen LogP contribution in [0.5, 0.6) is 0 Å². The molecule has 0 bridgehead atoms. The van der Waals surface area contributed by atoms with Gasteiger partial charge in [-0.25, -0.2) is 13.1 Å². The van der Waals surface area contributed by atoms with Crippen LogP contribution in [0.3, 0.4) is 0 Å². The van der Waals surface area contributed by atoms with Crippen LogP contribution in [0.15, 0.2) is 23.1 Å². The summed E-state index contributed by atoms with van der Waals surface area (Å²) in [4.78, 5) is 0.303. The van der Waals surface area contributed by atoms with E-state index in [1.54, 1.807) is 18.2 Å². The number of aliphatic hydroxyl groups excluding tert-OH is 1. The lowest BCUT2D eigenvalue weighted by Crippen LogP contribution is -2.40. The first-order chi connectivity index (χ1) is 9.47. The molecule has 1 aliphatic rings. The van der Waals surface area contributed by atoms with Crippen LogP contribution in [-0.4, -0.2) is 19.6 Å². The molecule has 112 valence electrons. The predicted molar refractivity (Wildman–Crippen MR) is 78.9 cm³/mol. The normalized spacial score (nSPS) is 17.8. The summed E-state index contributed by atoms with van der Waals surface area (Å²) in [5.74, 6) is 0.455. The van der Waals surface area contributed by atoms with Crippen molar-refractivity contribution in [1.29, 1.82) is 0 Å². The Morgan fingerprint density at radius 1 is 1.40 bits per heavy atom. The molecular formula is C15H23NO3S. The smallest absolute Gasteiger partial charge is 0.241 e. The van der Waals surface area contributed by atoms with Crippen LogP contribution >= 0.6 is 0 Å². The van der Waals surface area contributed by atoms with Gasteiger partial charge in [0.25, 0.3) is 0 Å². The molecule has 0 saturated heterocycles. The molecule has 1 aromatic rings. The molecular weight excluding hydrogens is 274 g/mol. The second-order valence-electron chi connectivity index (χ2n) is 5.55. The summed E-state index contributed by atoms with van der Waals surface area (Å²) in [7, 11) is -3.52. The number of hydrogen-bond acceptors (Lipinski definition) is 3. The van der Waals surface area contributed by atoms with E-state index in [0.717, 1.165) is 18.4 Å². The molecule has 5 heteroatoms. The monoisotopic (exact) mass is 297 g/mol. The summed E-state index contributed by atoms with van der Waals surface area (Å²) in [6.07, 6.45) is 4.04. The van der Waals surface area contributed by atoms with Gasteiger partial charge in [-0.1, -0.05) is 25.5 Å². The highest BCUT2D eigenvalue weighted by Gasteiger charge is 2.28. The predicted octanol–water partition coefficient (Wildman–Crippen LogP) is 2.21. The van der Waals surface area contributed by atoms with Gasteiger partial charge in [0.1, 0.15) is 0 Å². The van der Waals surface area contributed by atoms with Gasteiger partial charge in [0.2, 0.25) is 10.0 Å². The Hall–Kier alpha value is -0.910. The summed E-state index contributed by atoms with van der Waals surface area (Å²) < 4.78 is 27.9. The SMILES string of the molecule is CCc1ccc(CO)cc1S(=O)(=O)NC(C)C1CCC1. The van der Waals surface area contributed by atoms with E-state index in [0.29, 0.717) is 22.8 Å². The van der Waals surface area contributed by atoms with Gasteiger partial charge in [-0.3, -0.25) is 0 Å². The molecule has 1 unspecified atom stereocenters. The topological polar surface area (TPSA) is 66.4 Å². The molecule has 1 saturated carbocycles. The maximum absolute atomic E-state index is 12.5. The van der Waals surface area contributed by atoms with Gasteiger partial charge in [-0.2, -0.15) is 0 Å². The van der Waals surface area contributed by atoms with Crippen LogP contribution in [0, 0.1) is 5.92 Å². The molecule has 0 aromatic heterocycles. The number of nitrogens with one attached hydrogen (secondary N) is 1. The Bertz CT molecular complexity index is 564. The van der Waals surface area contributed by atoms with E-state index >= 15 is 0 Å². The van der Waals surface area contributed by atoms with Gasteiger partial charge in [-0.15, -0.1) is 0 Å². The van der Waals surface area contributed by atoms with Crippen molar-refractivity contribution in [2.75, 3.05) is 0 Å². The van der Waals surface area contributed by atoms with Crippen molar-refractivity contribution in [3.63, 3.8) is 0 Å². The lowest BCUT2D eigenvalue weighted by molar-refractivity contribution is 0.260. The van der Waals surface area contributed by atoms with E-state index in [-0.39, 0.29) is 12.6 Å². The molecule has 20 heavy (non-hydrogen) atoms. The standard InChI is InChI=1S/C15H23NO3S/c1-3-13-8-7-12(10-17)9-15(13)20(18,19)16-11(2)14-5-4-6-14/h7-9,11,14,16-17H,3-6,10H2,1-2H3. The third kappa shape index (κ3) is 3.22. The summed E-state index contributed by atoms with van der Waals surface area (Å²) >= 11 is 0. The van der Waals surface area contributed by atoms with Crippen molar-refractivity contribution in [2.24, 2.45) is 5.92 Å². The fraction of sp³-hybridized carbons (Fsp3) is 0.600. The largest absolute Gasteiger partial charge is 0.392 e. The van der Waals surface area contributed by atoms with Crippen LogP contribution in [0.2, 0.25) is 0 Å². The summed E-state index contributed by atoms with van der Waals surface area (Å²) in [6, 6.07) is 5.10. The minimum absolute atomic E-state index is 0.0313. The van der Waals surface area contributed by atoms with E-state index < -0.39 is 10.0 Å². The Morgan fingerprint density at radius 3 is 2.60 bits per heavy atom. The number of aryl methyl sites for hydroxylation is 1. The van der Waals surface area contributed by atoms with E-state index in [2.05, 4.69) is 4.72 Å². The fourth-order valence-corrected chi connectivity index (χ4v) is 4.26. The van der Waals surface area contributed by atoms with E-state index in [1.807, 2.05) is 13.8 Å². The highest BCUT2D eigenvalue weighted by atomic mass is 32.2. The minimum atomic E-state index is -3.52. The van der Waals surface area contributed by atoms with E-state index in [1.165, 1.54) is 6.42 Å². The number of aliphatic hydroxyl groups is 1. The number of benzene rings is 1.